The van der Waals surface area contributed by atoms with Crippen molar-refractivity contribution in [2.75, 3.05) is 0 Å². The maximum absolute atomic E-state index is 15.0. The Bertz CT molecular complexity index is 1370. The summed E-state index contributed by atoms with van der Waals surface area (Å²) in [6, 6.07) is 5.71. The molecule has 0 radical (unpaired) electrons. The van der Waals surface area contributed by atoms with Crippen molar-refractivity contribution in [1.29, 1.82) is 5.26 Å². The van der Waals surface area contributed by atoms with Crippen LogP contribution in [0.2, 0.25) is 0 Å². The molecule has 0 saturated heterocycles. The molecule has 1 aromatic carbocycles. The largest absolute Gasteiger partial charge is 0.483 e. The molecule has 2 atom stereocenters. The summed E-state index contributed by atoms with van der Waals surface area (Å²) in [5.41, 5.74) is -2.02. The molecule has 1 aliphatic carbocycles. The Kier molecular flexibility index (Phi) is 6.42. The predicted molar refractivity (Wildman–Crippen MR) is 119 cm³/mol. The Morgan fingerprint density at radius 1 is 1.24 bits per heavy atom. The zero-order valence-electron chi connectivity index (χ0n) is 18.8. The van der Waals surface area contributed by atoms with Crippen LogP contribution in [0, 0.1) is 31.1 Å². The van der Waals surface area contributed by atoms with Crippen molar-refractivity contribution in [3.8, 4) is 11.8 Å². The second-order valence-electron chi connectivity index (χ2n) is 8.17. The van der Waals surface area contributed by atoms with Crippen LogP contribution in [0.25, 0.3) is 11.3 Å². The van der Waals surface area contributed by atoms with Crippen molar-refractivity contribution in [3.05, 3.63) is 85.5 Å². The molecule has 0 fully saturated rings. The van der Waals surface area contributed by atoms with E-state index in [0.717, 1.165) is 11.6 Å². The van der Waals surface area contributed by atoms with Crippen LogP contribution in [0.5, 0.6) is 5.75 Å². The molecular formula is C24H21F4N3O3. The first-order valence-corrected chi connectivity index (χ1v) is 10.1. The van der Waals surface area contributed by atoms with Gasteiger partial charge in [0.15, 0.2) is 0 Å². The van der Waals surface area contributed by atoms with Crippen LogP contribution >= 0.6 is 0 Å². The summed E-state index contributed by atoms with van der Waals surface area (Å²) in [5, 5.41) is 9.59. The maximum atomic E-state index is 15.0. The molecule has 178 valence electrons. The van der Waals surface area contributed by atoms with Gasteiger partial charge in [-0.25, -0.2) is 13.8 Å². The zero-order chi connectivity index (χ0) is 25.5. The number of nitrogens with zero attached hydrogens (tertiary/aromatic N) is 2. The number of ether oxygens (including phenoxy) is 1. The molecule has 10 heteroatoms. The third kappa shape index (κ3) is 4.46. The Labute approximate surface area is 192 Å². The lowest BCUT2D eigenvalue weighted by Crippen LogP contribution is -2.42. The highest BCUT2D eigenvalue weighted by molar-refractivity contribution is 5.70. The number of aryl methyl sites for hydroxylation is 2. The summed E-state index contributed by atoms with van der Waals surface area (Å²) in [6.07, 6.45) is -5.29. The molecule has 34 heavy (non-hydrogen) atoms. The molecule has 0 saturated carbocycles. The minimum Gasteiger partial charge on any atom is -0.483 e. The number of aromatic amines is 1. The summed E-state index contributed by atoms with van der Waals surface area (Å²) in [7, 11) is 0. The van der Waals surface area contributed by atoms with Gasteiger partial charge in [0, 0.05) is 17.5 Å². The lowest BCUT2D eigenvalue weighted by atomic mass is 9.88. The van der Waals surface area contributed by atoms with Gasteiger partial charge in [-0.3, -0.25) is 4.79 Å². The topological polar surface area (TPSA) is 87.9 Å². The second-order valence-corrected chi connectivity index (χ2v) is 8.17. The first-order chi connectivity index (χ1) is 15.8. The van der Waals surface area contributed by atoms with Crippen molar-refractivity contribution >= 4 is 11.3 Å². The normalized spacial score (nSPS) is 18.4. The first-order valence-electron chi connectivity index (χ1n) is 10.1. The first kappa shape index (κ1) is 24.8. The van der Waals surface area contributed by atoms with Crippen LogP contribution in [0.4, 0.5) is 17.6 Å². The van der Waals surface area contributed by atoms with E-state index in [-0.39, 0.29) is 16.2 Å². The smallest absolute Gasteiger partial charge is 0.431 e. The molecule has 0 amide bonds. The van der Waals surface area contributed by atoms with Gasteiger partial charge in [0.1, 0.15) is 23.4 Å². The van der Waals surface area contributed by atoms with Crippen molar-refractivity contribution in [2.24, 2.45) is 5.92 Å². The zero-order valence-corrected chi connectivity index (χ0v) is 18.8. The standard InChI is InChI=1S/C24H21F4N3O3/c1-11(2)16-7-12(3)6-13(4)21(16)34-22-14(5)20(17(25)8-15(22)10-29)31-19(32)9-18(24(26,27)28)30-23(31)33/h6-9,14,22H,1H2,2-5H3,(H,30,33). The van der Waals surface area contributed by atoms with Gasteiger partial charge in [-0.2, -0.15) is 18.4 Å². The SMILES string of the molecule is C=C(C)c1cc(C)cc(C)c1OC1C(C#N)=CC(F)=C(n2c(=O)cc(C(F)(F)F)[nH]c2=O)C1C. The average Bonchev–Trinajstić information content (AvgIpc) is 2.71. The van der Waals surface area contributed by atoms with E-state index in [1.54, 1.807) is 18.8 Å². The lowest BCUT2D eigenvalue weighted by molar-refractivity contribution is -0.141. The van der Waals surface area contributed by atoms with Gasteiger partial charge in [0.2, 0.25) is 0 Å². The van der Waals surface area contributed by atoms with Crippen molar-refractivity contribution in [3.63, 3.8) is 0 Å². The molecular weight excluding hydrogens is 454 g/mol. The third-order valence-corrected chi connectivity index (χ3v) is 5.45. The number of allylic oxidation sites excluding steroid dienone is 3. The molecule has 1 aliphatic rings. The molecule has 0 bridgehead atoms. The van der Waals surface area contributed by atoms with Crippen LogP contribution < -0.4 is 16.0 Å². The second kappa shape index (κ2) is 8.82. The quantitative estimate of drug-likeness (QED) is 0.638. The van der Waals surface area contributed by atoms with Crippen LogP contribution in [0.1, 0.15) is 36.2 Å². The average molecular weight is 475 g/mol. The minimum absolute atomic E-state index is 0.113. The highest BCUT2D eigenvalue weighted by Gasteiger charge is 2.38. The number of H-pyrrole nitrogens is 1. The van der Waals surface area contributed by atoms with Gasteiger partial charge >= 0.3 is 11.9 Å². The monoisotopic (exact) mass is 475 g/mol. The Morgan fingerprint density at radius 3 is 2.41 bits per heavy atom. The lowest BCUT2D eigenvalue weighted by Gasteiger charge is -2.31. The molecule has 2 aromatic rings. The number of halogens is 4. The Hall–Kier alpha value is -3.87. The number of hydrogen-bond donors (Lipinski definition) is 1. The van der Waals surface area contributed by atoms with E-state index in [9.17, 15) is 28.0 Å². The van der Waals surface area contributed by atoms with Gasteiger partial charge in [-0.1, -0.05) is 19.6 Å². The predicted octanol–water partition coefficient (Wildman–Crippen LogP) is 4.89. The highest BCUT2D eigenvalue weighted by atomic mass is 19.4. The van der Waals surface area contributed by atoms with Crippen LogP contribution in [-0.4, -0.2) is 15.7 Å². The van der Waals surface area contributed by atoms with Crippen LogP contribution in [0.3, 0.4) is 0 Å². The molecule has 3 rings (SSSR count). The number of alkyl halides is 3. The molecule has 1 aromatic heterocycles. The van der Waals surface area contributed by atoms with E-state index in [1.165, 1.54) is 6.92 Å². The van der Waals surface area contributed by atoms with Crippen LogP contribution in [0.15, 0.2) is 51.8 Å². The van der Waals surface area contributed by atoms with E-state index < -0.39 is 46.7 Å². The Morgan fingerprint density at radius 2 is 1.88 bits per heavy atom. The van der Waals surface area contributed by atoms with Crippen molar-refractivity contribution < 1.29 is 22.3 Å². The van der Waals surface area contributed by atoms with E-state index >= 15 is 4.39 Å². The summed E-state index contributed by atoms with van der Waals surface area (Å²) in [4.78, 5) is 26.4. The van der Waals surface area contributed by atoms with Gasteiger partial charge in [0.05, 0.1) is 17.3 Å². The van der Waals surface area contributed by atoms with E-state index in [4.69, 9.17) is 4.74 Å². The molecule has 2 unspecified atom stereocenters. The summed E-state index contributed by atoms with van der Waals surface area (Å²) >= 11 is 0. The fraction of sp³-hybridized carbons (Fsp3) is 0.292. The van der Waals surface area contributed by atoms with E-state index in [2.05, 4.69) is 6.58 Å². The number of hydrogen-bond acceptors (Lipinski definition) is 4. The maximum Gasteiger partial charge on any atom is 0.431 e. The fourth-order valence-corrected chi connectivity index (χ4v) is 3.93. The summed E-state index contributed by atoms with van der Waals surface area (Å²) in [6.45, 7) is 10.8. The van der Waals surface area contributed by atoms with Gasteiger partial charge < -0.3 is 9.72 Å². The number of nitrogens with one attached hydrogen (secondary N) is 1. The minimum atomic E-state index is -4.97. The number of benzene rings is 1. The number of rotatable bonds is 4. The van der Waals surface area contributed by atoms with Crippen LogP contribution in [-0.2, 0) is 6.18 Å². The summed E-state index contributed by atoms with van der Waals surface area (Å²) in [5.74, 6) is -1.81. The van der Waals surface area contributed by atoms with E-state index in [0.29, 0.717) is 22.4 Å². The van der Waals surface area contributed by atoms with Crippen molar-refractivity contribution in [1.82, 2.24) is 9.55 Å². The molecule has 6 nitrogen and oxygen atoms in total. The fourth-order valence-electron chi connectivity index (χ4n) is 3.93. The molecule has 0 aliphatic heterocycles. The van der Waals surface area contributed by atoms with Gasteiger partial charge in [0.25, 0.3) is 5.56 Å². The molecule has 1 N–H and O–H groups in total. The molecule has 1 heterocycles. The number of nitriles is 1. The molecule has 0 spiro atoms. The summed E-state index contributed by atoms with van der Waals surface area (Å²) < 4.78 is 60.4. The van der Waals surface area contributed by atoms with Crippen molar-refractivity contribution in [2.45, 2.75) is 40.0 Å². The third-order valence-electron chi connectivity index (χ3n) is 5.45. The van der Waals surface area contributed by atoms with Gasteiger partial charge in [-0.05, 0) is 49.6 Å². The van der Waals surface area contributed by atoms with Gasteiger partial charge in [-0.15, -0.1) is 0 Å². The number of aromatic nitrogens is 2. The van der Waals surface area contributed by atoms with E-state index in [1.807, 2.05) is 25.1 Å². The highest BCUT2D eigenvalue weighted by Crippen LogP contribution is 2.38. The Balaban J connectivity index is 2.17.